The van der Waals surface area contributed by atoms with Crippen molar-refractivity contribution in [3.63, 3.8) is 0 Å². The number of hydrogen-bond donors (Lipinski definition) is 2. The number of aliphatic hydroxyl groups is 1. The number of carbonyl (C=O) groups excluding carboxylic acids is 1. The molecule has 0 spiro atoms. The Balaban J connectivity index is 1.64. The van der Waals surface area contributed by atoms with Crippen LogP contribution in [0, 0.1) is 5.92 Å². The zero-order chi connectivity index (χ0) is 18.1. The highest BCUT2D eigenvalue weighted by Crippen LogP contribution is 2.47. The maximum Gasteiger partial charge on any atom is 0.272 e. The zero-order valence-corrected chi connectivity index (χ0v) is 14.7. The van der Waals surface area contributed by atoms with Crippen molar-refractivity contribution in [2.75, 3.05) is 6.54 Å². The van der Waals surface area contributed by atoms with Crippen LogP contribution >= 0.6 is 0 Å². The van der Waals surface area contributed by atoms with E-state index in [9.17, 15) is 15.0 Å². The van der Waals surface area contributed by atoms with Gasteiger partial charge in [0, 0.05) is 18.5 Å². The molecule has 136 valence electrons. The van der Waals surface area contributed by atoms with Crippen LogP contribution < -0.4 is 0 Å². The van der Waals surface area contributed by atoms with Gasteiger partial charge in [0.25, 0.3) is 5.91 Å². The van der Waals surface area contributed by atoms with E-state index in [2.05, 4.69) is 4.98 Å². The van der Waals surface area contributed by atoms with E-state index < -0.39 is 5.60 Å². The number of aromatic nitrogens is 1. The van der Waals surface area contributed by atoms with Crippen molar-refractivity contribution < 1.29 is 15.0 Å². The van der Waals surface area contributed by atoms with Crippen molar-refractivity contribution in [2.24, 2.45) is 5.92 Å². The molecule has 0 bridgehead atoms. The summed E-state index contributed by atoms with van der Waals surface area (Å²) in [6.07, 6.45) is 5.80. The van der Waals surface area contributed by atoms with Crippen molar-refractivity contribution in [1.82, 2.24) is 9.88 Å². The van der Waals surface area contributed by atoms with Crippen LogP contribution in [-0.2, 0) is 5.60 Å². The Morgan fingerprint density at radius 2 is 1.88 bits per heavy atom. The molecular formula is C21H24N2O3. The zero-order valence-electron chi connectivity index (χ0n) is 14.7. The standard InChI is InChI=1S/C21H24N2O3/c24-16-10-11-18(22-14-16)20(25)23-13-12-21(26,15-6-2-1-3-7-15)17-8-4-5-9-19(17)23/h1-3,6-7,10-11,14,17,19,24,26H,4-5,8-9,12-13H2/t17-,19-,21+/m1/s1. The second-order valence-electron chi connectivity index (χ2n) is 7.40. The second-order valence-corrected chi connectivity index (χ2v) is 7.40. The summed E-state index contributed by atoms with van der Waals surface area (Å²) in [6, 6.07) is 12.9. The fraction of sp³-hybridized carbons (Fsp3) is 0.429. The van der Waals surface area contributed by atoms with E-state index in [1.54, 1.807) is 6.07 Å². The Kier molecular flexibility index (Phi) is 4.41. The van der Waals surface area contributed by atoms with Gasteiger partial charge in [0.1, 0.15) is 11.4 Å². The van der Waals surface area contributed by atoms with E-state index in [-0.39, 0.29) is 23.6 Å². The molecule has 1 saturated heterocycles. The smallest absolute Gasteiger partial charge is 0.272 e. The third-order valence-corrected chi connectivity index (χ3v) is 5.98. The minimum atomic E-state index is -0.883. The van der Waals surface area contributed by atoms with Crippen molar-refractivity contribution in [2.45, 2.75) is 43.7 Å². The van der Waals surface area contributed by atoms with Crippen molar-refractivity contribution in [3.05, 3.63) is 59.9 Å². The first-order valence-electron chi connectivity index (χ1n) is 9.33. The van der Waals surface area contributed by atoms with Crippen molar-refractivity contribution >= 4 is 5.91 Å². The molecule has 5 nitrogen and oxygen atoms in total. The van der Waals surface area contributed by atoms with Gasteiger partial charge in [0.05, 0.1) is 11.8 Å². The molecule has 26 heavy (non-hydrogen) atoms. The number of amides is 1. The summed E-state index contributed by atoms with van der Waals surface area (Å²) >= 11 is 0. The van der Waals surface area contributed by atoms with Gasteiger partial charge in [-0.05, 0) is 37.0 Å². The first kappa shape index (κ1) is 17.0. The fourth-order valence-electron chi connectivity index (χ4n) is 4.68. The molecular weight excluding hydrogens is 328 g/mol. The highest BCUT2D eigenvalue weighted by Gasteiger charge is 2.50. The summed E-state index contributed by atoms with van der Waals surface area (Å²) in [4.78, 5) is 19.0. The Morgan fingerprint density at radius 1 is 1.12 bits per heavy atom. The lowest BCUT2D eigenvalue weighted by Gasteiger charge is -2.52. The summed E-state index contributed by atoms with van der Waals surface area (Å²) < 4.78 is 0. The number of carbonyl (C=O) groups is 1. The number of pyridine rings is 1. The molecule has 2 fully saturated rings. The van der Waals surface area contributed by atoms with Gasteiger partial charge in [-0.3, -0.25) is 4.79 Å². The van der Waals surface area contributed by atoms with Crippen LogP contribution in [0.25, 0.3) is 0 Å². The Bertz CT molecular complexity index is 778. The first-order chi connectivity index (χ1) is 12.6. The van der Waals surface area contributed by atoms with Crippen LogP contribution in [0.3, 0.4) is 0 Å². The molecule has 5 heteroatoms. The van der Waals surface area contributed by atoms with Crippen LogP contribution in [0.15, 0.2) is 48.7 Å². The number of likely N-dealkylation sites (tertiary alicyclic amines) is 1. The molecule has 1 amide bonds. The van der Waals surface area contributed by atoms with Gasteiger partial charge in [0.2, 0.25) is 0 Å². The number of nitrogens with zero attached hydrogens (tertiary/aromatic N) is 2. The molecule has 1 aliphatic carbocycles. The number of benzene rings is 1. The van der Waals surface area contributed by atoms with Crippen molar-refractivity contribution in [1.29, 1.82) is 0 Å². The molecule has 1 aromatic carbocycles. The largest absolute Gasteiger partial charge is 0.506 e. The number of aromatic hydroxyl groups is 1. The number of fused-ring (bicyclic) bond motifs is 1. The van der Waals surface area contributed by atoms with E-state index >= 15 is 0 Å². The lowest BCUT2D eigenvalue weighted by molar-refractivity contribution is -0.110. The predicted octanol–water partition coefficient (Wildman–Crippen LogP) is 3.08. The molecule has 0 unspecified atom stereocenters. The third-order valence-electron chi connectivity index (χ3n) is 5.98. The van der Waals surface area contributed by atoms with E-state index in [0.29, 0.717) is 18.7 Å². The molecule has 1 aliphatic heterocycles. The van der Waals surface area contributed by atoms with Crippen LogP contribution in [0.1, 0.15) is 48.2 Å². The Labute approximate surface area is 153 Å². The topological polar surface area (TPSA) is 73.7 Å². The predicted molar refractivity (Wildman–Crippen MR) is 97.6 cm³/mol. The van der Waals surface area contributed by atoms with Crippen LogP contribution in [0.4, 0.5) is 0 Å². The van der Waals surface area contributed by atoms with Gasteiger partial charge >= 0.3 is 0 Å². The lowest BCUT2D eigenvalue weighted by Crippen LogP contribution is -2.59. The maximum atomic E-state index is 13.0. The van der Waals surface area contributed by atoms with Gasteiger partial charge in [-0.15, -0.1) is 0 Å². The average Bonchev–Trinajstić information content (AvgIpc) is 2.69. The van der Waals surface area contributed by atoms with Crippen LogP contribution in [-0.4, -0.2) is 38.6 Å². The molecule has 3 atom stereocenters. The summed E-state index contributed by atoms with van der Waals surface area (Å²) in [6.45, 7) is 0.508. The monoisotopic (exact) mass is 352 g/mol. The molecule has 4 rings (SSSR count). The fourth-order valence-corrected chi connectivity index (χ4v) is 4.68. The van der Waals surface area contributed by atoms with Gasteiger partial charge in [-0.2, -0.15) is 0 Å². The molecule has 2 heterocycles. The molecule has 1 saturated carbocycles. The molecule has 1 aromatic heterocycles. The molecule has 2 aliphatic rings. The summed E-state index contributed by atoms with van der Waals surface area (Å²) in [5, 5.41) is 21.0. The van der Waals surface area contributed by atoms with Crippen LogP contribution in [0.5, 0.6) is 5.75 Å². The molecule has 2 N–H and O–H groups in total. The minimum Gasteiger partial charge on any atom is -0.506 e. The van der Waals surface area contributed by atoms with Gasteiger partial charge in [-0.1, -0.05) is 43.2 Å². The van der Waals surface area contributed by atoms with E-state index in [0.717, 1.165) is 31.2 Å². The Morgan fingerprint density at radius 3 is 2.62 bits per heavy atom. The highest BCUT2D eigenvalue weighted by atomic mass is 16.3. The number of hydrogen-bond acceptors (Lipinski definition) is 4. The normalized spacial score (nSPS) is 28.4. The molecule has 0 radical (unpaired) electrons. The Hall–Kier alpha value is -2.40. The van der Waals surface area contributed by atoms with Crippen molar-refractivity contribution in [3.8, 4) is 5.75 Å². The van der Waals surface area contributed by atoms with Gasteiger partial charge in [-0.25, -0.2) is 4.98 Å². The SMILES string of the molecule is O=C(c1ccc(O)cn1)N1CC[C@](O)(c2ccccc2)[C@@H]2CCCC[C@H]21. The summed E-state index contributed by atoms with van der Waals surface area (Å²) in [5.74, 6) is -0.0281. The maximum absolute atomic E-state index is 13.0. The third kappa shape index (κ3) is 2.86. The van der Waals surface area contributed by atoms with E-state index in [4.69, 9.17) is 0 Å². The van der Waals surface area contributed by atoms with Crippen LogP contribution in [0.2, 0.25) is 0 Å². The number of rotatable bonds is 2. The first-order valence-corrected chi connectivity index (χ1v) is 9.33. The summed E-state index contributed by atoms with van der Waals surface area (Å²) in [7, 11) is 0. The second kappa shape index (κ2) is 6.72. The van der Waals surface area contributed by atoms with Gasteiger partial charge < -0.3 is 15.1 Å². The van der Waals surface area contributed by atoms with E-state index in [1.165, 1.54) is 12.3 Å². The molecule has 2 aromatic rings. The minimum absolute atomic E-state index is 0.0193. The highest BCUT2D eigenvalue weighted by molar-refractivity contribution is 5.92. The lowest BCUT2D eigenvalue weighted by atomic mass is 9.66. The average molecular weight is 352 g/mol. The van der Waals surface area contributed by atoms with Gasteiger partial charge in [0.15, 0.2) is 0 Å². The summed E-state index contributed by atoms with van der Waals surface area (Å²) in [5.41, 5.74) is 0.412. The van der Waals surface area contributed by atoms with E-state index in [1.807, 2.05) is 35.2 Å². The quantitative estimate of drug-likeness (QED) is 0.871. The number of piperidine rings is 1.